The number of rotatable bonds is 6. The van der Waals surface area contributed by atoms with Crippen LogP contribution in [0.4, 0.5) is 19.3 Å². The average Bonchev–Trinajstić information content (AvgIpc) is 3.28. The smallest absolute Gasteiger partial charge is 0.408 e. The van der Waals surface area contributed by atoms with Crippen LogP contribution in [0.15, 0.2) is 36.5 Å². The predicted octanol–water partition coefficient (Wildman–Crippen LogP) is 6.23. The molecule has 0 radical (unpaired) electrons. The van der Waals surface area contributed by atoms with Crippen molar-refractivity contribution in [2.24, 2.45) is 0 Å². The van der Waals surface area contributed by atoms with Crippen LogP contribution in [-0.4, -0.2) is 46.8 Å². The molecule has 0 spiro atoms. The zero-order valence-electron chi connectivity index (χ0n) is 25.0. The van der Waals surface area contributed by atoms with E-state index in [9.17, 15) is 18.4 Å². The van der Waals surface area contributed by atoms with Crippen molar-refractivity contribution in [2.45, 2.75) is 84.1 Å². The van der Waals surface area contributed by atoms with Crippen LogP contribution in [0.25, 0.3) is 11.3 Å². The fourth-order valence-corrected chi connectivity index (χ4v) is 5.21. The number of carbonyl (C=O) groups is 2. The minimum Gasteiger partial charge on any atom is -0.444 e. The van der Waals surface area contributed by atoms with Gasteiger partial charge in [0.2, 0.25) is 5.91 Å². The molecule has 0 saturated carbocycles. The van der Waals surface area contributed by atoms with Crippen LogP contribution in [0.3, 0.4) is 0 Å². The highest BCUT2D eigenvalue weighted by molar-refractivity contribution is 6.76. The lowest BCUT2D eigenvalue weighted by atomic mass is 10.1. The van der Waals surface area contributed by atoms with Crippen molar-refractivity contribution in [2.75, 3.05) is 11.9 Å². The molecule has 3 aromatic rings. The van der Waals surface area contributed by atoms with Gasteiger partial charge in [0.05, 0.1) is 23.1 Å². The SMILES string of the molecule is CC(C)(C)OC(=O)NC1Cc2ccc(F)c(n2)CCC(=O)Nc2cc(F)ccc2-c2cn(COCC[Si](C)(C)C)c1n2. The second-order valence-electron chi connectivity index (χ2n) is 12.7. The maximum absolute atomic E-state index is 14.7. The van der Waals surface area contributed by atoms with E-state index in [0.29, 0.717) is 29.4 Å². The molecule has 1 aliphatic heterocycles. The van der Waals surface area contributed by atoms with Gasteiger partial charge >= 0.3 is 6.09 Å². The zero-order chi connectivity index (χ0) is 30.7. The largest absolute Gasteiger partial charge is 0.444 e. The van der Waals surface area contributed by atoms with E-state index in [2.05, 4.69) is 35.3 Å². The first-order valence-electron chi connectivity index (χ1n) is 14.1. The number of hydrogen-bond acceptors (Lipinski definition) is 6. The Morgan fingerprint density at radius 3 is 2.62 bits per heavy atom. The number of pyridine rings is 1. The second-order valence-corrected chi connectivity index (χ2v) is 18.3. The molecule has 2 amide bonds. The van der Waals surface area contributed by atoms with Crippen LogP contribution in [0, 0.1) is 11.6 Å². The normalized spacial score (nSPS) is 15.8. The van der Waals surface area contributed by atoms with E-state index in [-0.39, 0.29) is 37.4 Å². The van der Waals surface area contributed by atoms with Gasteiger partial charge in [-0.2, -0.15) is 0 Å². The van der Waals surface area contributed by atoms with E-state index in [0.717, 1.165) is 6.04 Å². The lowest BCUT2D eigenvalue weighted by Crippen LogP contribution is -2.37. The van der Waals surface area contributed by atoms with E-state index in [1.165, 1.54) is 18.2 Å². The topological polar surface area (TPSA) is 107 Å². The summed E-state index contributed by atoms with van der Waals surface area (Å²) in [5.74, 6) is -1.05. The van der Waals surface area contributed by atoms with E-state index < -0.39 is 43.4 Å². The minimum absolute atomic E-state index is 0.0427. The van der Waals surface area contributed by atoms with Crippen LogP contribution >= 0.6 is 0 Å². The van der Waals surface area contributed by atoms with Gasteiger partial charge in [-0.05, 0) is 57.1 Å². The van der Waals surface area contributed by atoms with Crippen LogP contribution in [0.1, 0.15) is 50.4 Å². The molecule has 2 aromatic heterocycles. The van der Waals surface area contributed by atoms with Gasteiger partial charge in [-0.25, -0.2) is 18.6 Å². The monoisotopic (exact) mass is 599 g/mol. The van der Waals surface area contributed by atoms with E-state index in [1.807, 2.05) is 0 Å². The Balaban J connectivity index is 1.82. The molecule has 226 valence electrons. The zero-order valence-corrected chi connectivity index (χ0v) is 26.0. The summed E-state index contributed by atoms with van der Waals surface area (Å²) in [5.41, 5.74) is 1.05. The van der Waals surface area contributed by atoms with Gasteiger partial charge in [-0.3, -0.25) is 9.78 Å². The van der Waals surface area contributed by atoms with Crippen molar-refractivity contribution >= 4 is 25.8 Å². The van der Waals surface area contributed by atoms with Crippen LogP contribution in [0.2, 0.25) is 25.7 Å². The third-order valence-electron chi connectivity index (χ3n) is 6.55. The summed E-state index contributed by atoms with van der Waals surface area (Å²) in [6, 6.07) is 7.12. The van der Waals surface area contributed by atoms with E-state index >= 15 is 0 Å². The standard InChI is InChI=1S/C30H39F2N5O4Si/c1-30(2,3)41-29(39)36-25-16-20-8-10-22(32)23(33-20)11-12-27(38)34-24-15-19(31)7-9-21(24)26-17-37(28(25)35-26)18-40-13-14-42(4,5)6/h7-10,15,17,25H,11-14,16,18H2,1-6H3,(H,34,38)(H,36,39). The molecule has 3 heterocycles. The number of anilines is 1. The molecule has 42 heavy (non-hydrogen) atoms. The number of imidazole rings is 1. The number of ether oxygens (including phenoxy) is 2. The highest BCUT2D eigenvalue weighted by Crippen LogP contribution is 2.31. The van der Waals surface area contributed by atoms with Gasteiger partial charge in [0.15, 0.2) is 0 Å². The number of nitrogens with one attached hydrogen (secondary N) is 2. The Morgan fingerprint density at radius 1 is 1.14 bits per heavy atom. The van der Waals surface area contributed by atoms with Gasteiger partial charge in [0.1, 0.15) is 29.8 Å². The number of fused-ring (bicyclic) bond motifs is 6. The molecule has 2 N–H and O–H groups in total. The molecule has 0 aliphatic carbocycles. The first kappa shape index (κ1) is 31.3. The van der Waals surface area contributed by atoms with Gasteiger partial charge < -0.3 is 24.7 Å². The lowest BCUT2D eigenvalue weighted by molar-refractivity contribution is -0.116. The number of aromatic nitrogens is 3. The van der Waals surface area contributed by atoms with Gasteiger partial charge in [0.25, 0.3) is 0 Å². The molecule has 9 nitrogen and oxygen atoms in total. The maximum Gasteiger partial charge on any atom is 0.408 e. The van der Waals surface area contributed by atoms with Crippen LogP contribution < -0.4 is 10.6 Å². The van der Waals surface area contributed by atoms with Crippen molar-refractivity contribution in [1.82, 2.24) is 19.9 Å². The van der Waals surface area contributed by atoms with Crippen molar-refractivity contribution < 1.29 is 27.8 Å². The summed E-state index contributed by atoms with van der Waals surface area (Å²) < 4.78 is 42.3. The fraction of sp³-hybridized carbons (Fsp3) is 0.467. The molecular formula is C30H39F2N5O4Si. The Bertz CT molecular complexity index is 1450. The molecule has 1 unspecified atom stereocenters. The molecule has 4 rings (SSSR count). The molecule has 1 atom stereocenters. The Labute approximate surface area is 246 Å². The number of carbonyl (C=O) groups excluding carboxylic acids is 2. The average molecular weight is 600 g/mol. The highest BCUT2D eigenvalue weighted by Gasteiger charge is 2.27. The van der Waals surface area contributed by atoms with Gasteiger partial charge in [-0.15, -0.1) is 0 Å². The maximum atomic E-state index is 14.7. The summed E-state index contributed by atoms with van der Waals surface area (Å²) in [4.78, 5) is 35.1. The van der Waals surface area contributed by atoms with Crippen LogP contribution in [0.5, 0.6) is 0 Å². The summed E-state index contributed by atoms with van der Waals surface area (Å²) >= 11 is 0. The van der Waals surface area contributed by atoms with Crippen molar-refractivity contribution in [3.8, 4) is 11.3 Å². The van der Waals surface area contributed by atoms with Crippen LogP contribution in [-0.2, 0) is 33.8 Å². The summed E-state index contributed by atoms with van der Waals surface area (Å²) in [5, 5.41) is 5.66. The predicted molar refractivity (Wildman–Crippen MR) is 159 cm³/mol. The first-order chi connectivity index (χ1) is 19.7. The number of nitrogens with zero attached hydrogens (tertiary/aromatic N) is 3. The number of alkyl carbamates (subject to hydrolysis) is 1. The molecule has 0 saturated heterocycles. The Morgan fingerprint density at radius 2 is 1.90 bits per heavy atom. The van der Waals surface area contributed by atoms with E-state index in [1.54, 1.807) is 43.7 Å². The summed E-state index contributed by atoms with van der Waals surface area (Å²) in [6.45, 7) is 12.8. The third kappa shape index (κ3) is 8.68. The van der Waals surface area contributed by atoms with Gasteiger partial charge in [-0.1, -0.05) is 19.6 Å². The number of halogens is 2. The molecular weight excluding hydrogens is 560 g/mol. The third-order valence-corrected chi connectivity index (χ3v) is 8.25. The highest BCUT2D eigenvalue weighted by atomic mass is 28.3. The molecule has 4 bridgehead atoms. The molecule has 1 aromatic carbocycles. The van der Waals surface area contributed by atoms with Crippen molar-refractivity contribution in [3.05, 3.63) is 65.4 Å². The fourth-order valence-electron chi connectivity index (χ4n) is 4.46. The molecule has 0 fully saturated rings. The van der Waals surface area contributed by atoms with Crippen molar-refractivity contribution in [1.29, 1.82) is 0 Å². The first-order valence-corrected chi connectivity index (χ1v) is 17.8. The summed E-state index contributed by atoms with van der Waals surface area (Å²) in [7, 11) is -1.34. The molecule has 12 heteroatoms. The number of hydrogen-bond donors (Lipinski definition) is 2. The molecule has 1 aliphatic rings. The minimum atomic E-state index is -1.34. The van der Waals surface area contributed by atoms with E-state index in [4.69, 9.17) is 14.5 Å². The Kier molecular flexibility index (Phi) is 9.46. The second kappa shape index (κ2) is 12.7. The Hall–Kier alpha value is -3.64. The quantitative estimate of drug-likeness (QED) is 0.257. The number of aryl methyl sites for hydroxylation is 1. The van der Waals surface area contributed by atoms with Gasteiger partial charge in [0, 0.05) is 51.4 Å². The van der Waals surface area contributed by atoms with Crippen molar-refractivity contribution in [3.63, 3.8) is 0 Å². The summed E-state index contributed by atoms with van der Waals surface area (Å²) in [6.07, 6.45) is 1.25. The number of benzene rings is 1. The lowest BCUT2D eigenvalue weighted by Gasteiger charge is -2.24. The number of amides is 2.